The molecular weight excluding hydrogens is 332 g/mol. The molecule has 0 aliphatic heterocycles. The van der Waals surface area contributed by atoms with Crippen LogP contribution in [0.2, 0.25) is 0 Å². The summed E-state index contributed by atoms with van der Waals surface area (Å²) >= 11 is 0. The molecule has 0 unspecified atom stereocenters. The lowest BCUT2D eigenvalue weighted by atomic mass is 9.62. The molecule has 27 heavy (non-hydrogen) atoms. The average molecular weight is 360 g/mol. The first-order chi connectivity index (χ1) is 12.6. The molecule has 0 heterocycles. The predicted molar refractivity (Wildman–Crippen MR) is 110 cm³/mol. The van der Waals surface area contributed by atoms with Gasteiger partial charge in [-0.05, 0) is 77.1 Å². The van der Waals surface area contributed by atoms with Gasteiger partial charge in [-0.25, -0.2) is 4.79 Å². The third-order valence-electron chi connectivity index (χ3n) is 5.93. The van der Waals surface area contributed by atoms with Crippen molar-refractivity contribution in [3.05, 3.63) is 69.8 Å². The second kappa shape index (κ2) is 6.89. The van der Waals surface area contributed by atoms with Gasteiger partial charge in [0.15, 0.2) is 0 Å². The molecule has 1 N–H and O–H groups in total. The molecule has 0 spiro atoms. The Morgan fingerprint density at radius 2 is 1.52 bits per heavy atom. The molecule has 0 atom stereocenters. The van der Waals surface area contributed by atoms with Crippen molar-refractivity contribution in [3.63, 3.8) is 0 Å². The number of aromatic carboxylic acids is 1. The third kappa shape index (κ3) is 3.78. The van der Waals surface area contributed by atoms with Gasteiger partial charge < -0.3 is 5.11 Å². The molecule has 2 aromatic rings. The monoisotopic (exact) mass is 360 g/mol. The second-order valence-corrected chi connectivity index (χ2v) is 8.81. The summed E-state index contributed by atoms with van der Waals surface area (Å²) in [6, 6.07) is 11.4. The van der Waals surface area contributed by atoms with E-state index in [9.17, 15) is 4.79 Å². The highest BCUT2D eigenvalue weighted by atomic mass is 16.4. The van der Waals surface area contributed by atoms with Crippen LogP contribution in [0.15, 0.2) is 36.4 Å². The van der Waals surface area contributed by atoms with Crippen LogP contribution in [0.4, 0.5) is 0 Å². The zero-order valence-corrected chi connectivity index (χ0v) is 16.9. The fraction of sp³-hybridized carbons (Fsp3) is 0.400. The summed E-state index contributed by atoms with van der Waals surface area (Å²) in [5, 5.41) is 9.02. The summed E-state index contributed by atoms with van der Waals surface area (Å²) in [6.45, 7) is 11.5. The molecule has 0 amide bonds. The Hall–Kier alpha value is -2.53. The van der Waals surface area contributed by atoms with Gasteiger partial charge in [-0.3, -0.25) is 0 Å². The van der Waals surface area contributed by atoms with E-state index < -0.39 is 5.97 Å². The van der Waals surface area contributed by atoms with E-state index >= 15 is 0 Å². The molecule has 1 aliphatic rings. The minimum Gasteiger partial charge on any atom is -0.478 e. The van der Waals surface area contributed by atoms with Gasteiger partial charge in [0.25, 0.3) is 0 Å². The molecule has 0 fully saturated rings. The van der Waals surface area contributed by atoms with Crippen LogP contribution in [-0.4, -0.2) is 11.1 Å². The average Bonchev–Trinajstić information content (AvgIpc) is 2.63. The van der Waals surface area contributed by atoms with E-state index in [1.807, 2.05) is 0 Å². The number of hydrogen-bond acceptors (Lipinski definition) is 1. The standard InChI is InChI=1S/C25H28O2/c1-6-18-15-21-22(25(4,5)14-13-24(21,2)3)16-20(18)12-9-17-7-10-19(11-8-17)23(26)27/h7-8,10-11,15-16H,6,13-14H2,1-5H3,(H,26,27). The van der Waals surface area contributed by atoms with Gasteiger partial charge in [0.05, 0.1) is 5.56 Å². The molecule has 2 aromatic carbocycles. The van der Waals surface area contributed by atoms with Crippen LogP contribution in [0.25, 0.3) is 0 Å². The number of aryl methyl sites for hydroxylation is 1. The van der Waals surface area contributed by atoms with Crippen molar-refractivity contribution in [1.29, 1.82) is 0 Å². The van der Waals surface area contributed by atoms with E-state index in [1.54, 1.807) is 24.3 Å². The smallest absolute Gasteiger partial charge is 0.335 e. The lowest BCUT2D eigenvalue weighted by molar-refractivity contribution is 0.0697. The maximum atomic E-state index is 11.0. The Kier molecular flexibility index (Phi) is 4.91. The van der Waals surface area contributed by atoms with Crippen LogP contribution in [0.5, 0.6) is 0 Å². The number of rotatable bonds is 2. The van der Waals surface area contributed by atoms with Crippen molar-refractivity contribution in [2.75, 3.05) is 0 Å². The molecular formula is C25H28O2. The van der Waals surface area contributed by atoms with Gasteiger partial charge >= 0.3 is 5.97 Å². The van der Waals surface area contributed by atoms with Crippen LogP contribution in [0, 0.1) is 11.8 Å². The molecule has 2 heteroatoms. The highest BCUT2D eigenvalue weighted by Gasteiger charge is 2.37. The number of carboxylic acids is 1. The summed E-state index contributed by atoms with van der Waals surface area (Å²) in [4.78, 5) is 11.0. The Balaban J connectivity index is 2.06. The fourth-order valence-corrected chi connectivity index (χ4v) is 3.90. The Bertz CT molecular complexity index is 935. The van der Waals surface area contributed by atoms with Crippen LogP contribution in [0.3, 0.4) is 0 Å². The highest BCUT2D eigenvalue weighted by Crippen LogP contribution is 2.46. The lowest BCUT2D eigenvalue weighted by Crippen LogP contribution is -2.34. The number of carbonyl (C=O) groups is 1. The number of fused-ring (bicyclic) bond motifs is 1. The van der Waals surface area contributed by atoms with Crippen molar-refractivity contribution in [2.24, 2.45) is 0 Å². The maximum Gasteiger partial charge on any atom is 0.335 e. The van der Waals surface area contributed by atoms with Crippen LogP contribution in [-0.2, 0) is 17.3 Å². The van der Waals surface area contributed by atoms with Gasteiger partial charge in [-0.15, -0.1) is 0 Å². The number of benzene rings is 2. The van der Waals surface area contributed by atoms with E-state index in [-0.39, 0.29) is 16.4 Å². The van der Waals surface area contributed by atoms with Crippen molar-refractivity contribution < 1.29 is 9.90 Å². The van der Waals surface area contributed by atoms with Crippen molar-refractivity contribution in [3.8, 4) is 11.8 Å². The first-order valence-corrected chi connectivity index (χ1v) is 9.67. The van der Waals surface area contributed by atoms with Crippen LogP contribution in [0.1, 0.15) is 85.6 Å². The molecule has 0 aromatic heterocycles. The van der Waals surface area contributed by atoms with Crippen molar-refractivity contribution in [2.45, 2.75) is 64.7 Å². The van der Waals surface area contributed by atoms with Crippen molar-refractivity contribution >= 4 is 5.97 Å². The molecule has 2 nitrogen and oxygen atoms in total. The molecule has 0 radical (unpaired) electrons. The Morgan fingerprint density at radius 3 is 2.04 bits per heavy atom. The topological polar surface area (TPSA) is 37.3 Å². The van der Waals surface area contributed by atoms with Gasteiger partial charge in [-0.2, -0.15) is 0 Å². The molecule has 0 saturated heterocycles. The van der Waals surface area contributed by atoms with E-state index in [0.717, 1.165) is 17.5 Å². The zero-order chi connectivity index (χ0) is 19.8. The molecule has 0 bridgehead atoms. The third-order valence-corrected chi connectivity index (χ3v) is 5.93. The zero-order valence-electron chi connectivity index (χ0n) is 16.9. The van der Waals surface area contributed by atoms with E-state index in [0.29, 0.717) is 0 Å². The largest absolute Gasteiger partial charge is 0.478 e. The molecule has 3 rings (SSSR count). The van der Waals surface area contributed by atoms with Gasteiger partial charge in [0, 0.05) is 11.1 Å². The summed E-state index contributed by atoms with van der Waals surface area (Å²) in [6.07, 6.45) is 3.34. The lowest BCUT2D eigenvalue weighted by Gasteiger charge is -2.42. The minimum absolute atomic E-state index is 0.163. The van der Waals surface area contributed by atoms with Gasteiger partial charge in [-0.1, -0.05) is 52.5 Å². The van der Waals surface area contributed by atoms with Crippen LogP contribution < -0.4 is 0 Å². The predicted octanol–water partition coefficient (Wildman–Crippen LogP) is 5.70. The molecule has 140 valence electrons. The normalized spacial score (nSPS) is 16.8. The summed E-state index contributed by atoms with van der Waals surface area (Å²) in [5.74, 6) is 5.65. The van der Waals surface area contributed by atoms with Crippen molar-refractivity contribution in [1.82, 2.24) is 0 Å². The molecule has 0 saturated carbocycles. The second-order valence-electron chi connectivity index (χ2n) is 8.81. The highest BCUT2D eigenvalue weighted by molar-refractivity contribution is 5.87. The first kappa shape index (κ1) is 19.2. The summed E-state index contributed by atoms with van der Waals surface area (Å²) < 4.78 is 0. The van der Waals surface area contributed by atoms with Gasteiger partial charge in [0.2, 0.25) is 0 Å². The van der Waals surface area contributed by atoms with E-state index in [2.05, 4.69) is 58.6 Å². The van der Waals surface area contributed by atoms with E-state index in [4.69, 9.17) is 5.11 Å². The quantitative estimate of drug-likeness (QED) is 0.698. The number of hydrogen-bond donors (Lipinski definition) is 1. The Labute approximate surface area is 162 Å². The summed E-state index contributed by atoms with van der Waals surface area (Å²) in [5.41, 5.74) is 6.74. The van der Waals surface area contributed by atoms with Gasteiger partial charge in [0.1, 0.15) is 0 Å². The fourth-order valence-electron chi connectivity index (χ4n) is 3.90. The minimum atomic E-state index is -0.915. The first-order valence-electron chi connectivity index (χ1n) is 9.67. The van der Waals surface area contributed by atoms with Crippen LogP contribution >= 0.6 is 0 Å². The van der Waals surface area contributed by atoms with E-state index in [1.165, 1.54) is 29.5 Å². The molecule has 1 aliphatic carbocycles. The maximum absolute atomic E-state index is 11.0. The Morgan fingerprint density at radius 1 is 0.963 bits per heavy atom. The summed E-state index contributed by atoms with van der Waals surface area (Å²) in [7, 11) is 0. The SMILES string of the molecule is CCc1cc2c(cc1C#Cc1ccc(C(=O)O)cc1)C(C)(C)CCC2(C)C. The number of carboxylic acid groups (broad SMARTS) is 1.